The van der Waals surface area contributed by atoms with Gasteiger partial charge in [-0.15, -0.1) is 11.8 Å². The zero-order chi connectivity index (χ0) is 8.85. The molecule has 2 N–H and O–H groups in total. The van der Waals surface area contributed by atoms with Crippen molar-refractivity contribution in [2.24, 2.45) is 5.92 Å². The normalized spacial score (nSPS) is 15.5. The van der Waals surface area contributed by atoms with Gasteiger partial charge in [-0.25, -0.2) is 0 Å². The van der Waals surface area contributed by atoms with Crippen molar-refractivity contribution in [2.45, 2.75) is 39.4 Å². The second kappa shape index (κ2) is 5.17. The summed E-state index contributed by atoms with van der Waals surface area (Å²) in [4.78, 5) is 0. The SMILES string of the molecule is CC#CCC(O)C(O)C(C)C. The van der Waals surface area contributed by atoms with Gasteiger partial charge in [-0.2, -0.15) is 0 Å². The lowest BCUT2D eigenvalue weighted by atomic mass is 10.00. The van der Waals surface area contributed by atoms with Gasteiger partial charge in [-0.3, -0.25) is 0 Å². The van der Waals surface area contributed by atoms with Gasteiger partial charge in [-0.05, 0) is 12.8 Å². The molecule has 64 valence electrons. The Morgan fingerprint density at radius 3 is 2.18 bits per heavy atom. The third-order valence-corrected chi connectivity index (χ3v) is 1.57. The number of rotatable bonds is 3. The number of aliphatic hydroxyl groups is 2. The summed E-state index contributed by atoms with van der Waals surface area (Å²) in [6, 6.07) is 0. The lowest BCUT2D eigenvalue weighted by Crippen LogP contribution is -2.30. The van der Waals surface area contributed by atoms with Crippen LogP contribution in [0.3, 0.4) is 0 Å². The van der Waals surface area contributed by atoms with Gasteiger partial charge in [0.1, 0.15) is 0 Å². The lowest BCUT2D eigenvalue weighted by Gasteiger charge is -2.18. The van der Waals surface area contributed by atoms with Crippen LogP contribution >= 0.6 is 0 Å². The van der Waals surface area contributed by atoms with Gasteiger partial charge in [0.25, 0.3) is 0 Å². The van der Waals surface area contributed by atoms with Crippen LogP contribution in [0.25, 0.3) is 0 Å². The zero-order valence-corrected chi connectivity index (χ0v) is 7.33. The molecule has 0 aromatic rings. The molecule has 11 heavy (non-hydrogen) atoms. The fourth-order valence-corrected chi connectivity index (χ4v) is 0.772. The Morgan fingerprint density at radius 1 is 1.27 bits per heavy atom. The molecule has 0 aliphatic heterocycles. The molecule has 0 saturated heterocycles. The van der Waals surface area contributed by atoms with E-state index in [9.17, 15) is 10.2 Å². The molecule has 0 amide bonds. The van der Waals surface area contributed by atoms with Gasteiger partial charge in [0.2, 0.25) is 0 Å². The molecular formula is C9H16O2. The monoisotopic (exact) mass is 156 g/mol. The quantitative estimate of drug-likeness (QED) is 0.593. The van der Waals surface area contributed by atoms with Crippen molar-refractivity contribution >= 4 is 0 Å². The standard InChI is InChI=1S/C9H16O2/c1-4-5-6-8(10)9(11)7(2)3/h7-11H,6H2,1-3H3. The first kappa shape index (κ1) is 10.5. The summed E-state index contributed by atoms with van der Waals surface area (Å²) in [6.45, 7) is 5.45. The van der Waals surface area contributed by atoms with Crippen LogP contribution in [0.15, 0.2) is 0 Å². The maximum atomic E-state index is 9.30. The first-order chi connectivity index (χ1) is 5.09. The zero-order valence-electron chi connectivity index (χ0n) is 7.33. The molecule has 0 bridgehead atoms. The average molecular weight is 156 g/mol. The topological polar surface area (TPSA) is 40.5 Å². The van der Waals surface area contributed by atoms with Crippen LogP contribution in [0.1, 0.15) is 27.2 Å². The first-order valence-electron chi connectivity index (χ1n) is 3.85. The van der Waals surface area contributed by atoms with Crippen molar-refractivity contribution in [3.8, 4) is 11.8 Å². The molecule has 2 atom stereocenters. The van der Waals surface area contributed by atoms with Crippen LogP contribution in [0, 0.1) is 17.8 Å². The first-order valence-corrected chi connectivity index (χ1v) is 3.85. The highest BCUT2D eigenvalue weighted by atomic mass is 16.3. The highest BCUT2D eigenvalue weighted by Gasteiger charge is 2.17. The summed E-state index contributed by atoms with van der Waals surface area (Å²) >= 11 is 0. The van der Waals surface area contributed by atoms with Crippen LogP contribution in [0.2, 0.25) is 0 Å². The molecule has 0 aromatic carbocycles. The fraction of sp³-hybridized carbons (Fsp3) is 0.778. The molecule has 2 unspecified atom stereocenters. The van der Waals surface area contributed by atoms with E-state index in [2.05, 4.69) is 11.8 Å². The molecule has 0 spiro atoms. The van der Waals surface area contributed by atoms with E-state index in [-0.39, 0.29) is 5.92 Å². The molecule has 0 saturated carbocycles. The van der Waals surface area contributed by atoms with E-state index in [1.807, 2.05) is 13.8 Å². The molecule has 0 heterocycles. The largest absolute Gasteiger partial charge is 0.390 e. The van der Waals surface area contributed by atoms with Crippen molar-refractivity contribution in [1.82, 2.24) is 0 Å². The third-order valence-electron chi connectivity index (χ3n) is 1.57. The number of aliphatic hydroxyl groups excluding tert-OH is 2. The van der Waals surface area contributed by atoms with Crippen molar-refractivity contribution < 1.29 is 10.2 Å². The van der Waals surface area contributed by atoms with Gasteiger partial charge in [0, 0.05) is 6.42 Å². The van der Waals surface area contributed by atoms with E-state index in [0.717, 1.165) is 0 Å². The van der Waals surface area contributed by atoms with Gasteiger partial charge in [-0.1, -0.05) is 13.8 Å². The Labute approximate surface area is 68.2 Å². The molecular weight excluding hydrogens is 140 g/mol. The van der Waals surface area contributed by atoms with E-state index in [0.29, 0.717) is 6.42 Å². The minimum atomic E-state index is -0.706. The van der Waals surface area contributed by atoms with Crippen molar-refractivity contribution in [2.75, 3.05) is 0 Å². The van der Waals surface area contributed by atoms with E-state index < -0.39 is 12.2 Å². The van der Waals surface area contributed by atoms with E-state index in [1.165, 1.54) is 0 Å². The number of hydrogen-bond donors (Lipinski definition) is 2. The van der Waals surface area contributed by atoms with Crippen LogP contribution in [0.4, 0.5) is 0 Å². The summed E-state index contributed by atoms with van der Waals surface area (Å²) in [7, 11) is 0. The van der Waals surface area contributed by atoms with Crippen LogP contribution in [-0.2, 0) is 0 Å². The Balaban J connectivity index is 3.78. The Kier molecular flexibility index (Phi) is 4.93. The Morgan fingerprint density at radius 2 is 1.82 bits per heavy atom. The van der Waals surface area contributed by atoms with E-state index in [1.54, 1.807) is 6.92 Å². The predicted molar refractivity (Wildman–Crippen MR) is 44.9 cm³/mol. The summed E-state index contributed by atoms with van der Waals surface area (Å²) in [5.41, 5.74) is 0. The molecule has 0 aliphatic rings. The highest BCUT2D eigenvalue weighted by Crippen LogP contribution is 2.08. The fourth-order valence-electron chi connectivity index (χ4n) is 0.772. The number of hydrogen-bond acceptors (Lipinski definition) is 2. The third kappa shape index (κ3) is 4.02. The van der Waals surface area contributed by atoms with E-state index >= 15 is 0 Å². The molecule has 0 rings (SSSR count). The molecule has 0 fully saturated rings. The Bertz CT molecular complexity index is 153. The Hall–Kier alpha value is -0.520. The maximum absolute atomic E-state index is 9.30. The molecule has 2 nitrogen and oxygen atoms in total. The van der Waals surface area contributed by atoms with Crippen LogP contribution in [-0.4, -0.2) is 22.4 Å². The van der Waals surface area contributed by atoms with Gasteiger partial charge < -0.3 is 10.2 Å². The minimum absolute atomic E-state index is 0.0867. The van der Waals surface area contributed by atoms with Crippen LogP contribution < -0.4 is 0 Å². The van der Waals surface area contributed by atoms with Gasteiger partial charge >= 0.3 is 0 Å². The van der Waals surface area contributed by atoms with Gasteiger partial charge in [0.15, 0.2) is 0 Å². The average Bonchev–Trinajstić information content (AvgIpc) is 1.98. The minimum Gasteiger partial charge on any atom is -0.390 e. The molecule has 0 aromatic heterocycles. The second-order valence-electron chi connectivity index (χ2n) is 2.93. The molecule has 2 heteroatoms. The van der Waals surface area contributed by atoms with Crippen LogP contribution in [0.5, 0.6) is 0 Å². The van der Waals surface area contributed by atoms with Crippen molar-refractivity contribution in [1.29, 1.82) is 0 Å². The highest BCUT2D eigenvalue weighted by molar-refractivity contribution is 4.97. The lowest BCUT2D eigenvalue weighted by molar-refractivity contribution is -0.00479. The van der Waals surface area contributed by atoms with Gasteiger partial charge in [0.05, 0.1) is 12.2 Å². The summed E-state index contributed by atoms with van der Waals surface area (Å²) in [6.07, 6.45) is -1.01. The van der Waals surface area contributed by atoms with Crippen molar-refractivity contribution in [3.63, 3.8) is 0 Å². The predicted octanol–water partition coefficient (Wildman–Crippen LogP) is 0.778. The summed E-state index contributed by atoms with van der Waals surface area (Å²) in [5, 5.41) is 18.6. The van der Waals surface area contributed by atoms with E-state index in [4.69, 9.17) is 0 Å². The summed E-state index contributed by atoms with van der Waals surface area (Å²) < 4.78 is 0. The molecule has 0 radical (unpaired) electrons. The molecule has 0 aliphatic carbocycles. The second-order valence-corrected chi connectivity index (χ2v) is 2.93. The summed E-state index contributed by atoms with van der Waals surface area (Å²) in [5.74, 6) is 5.48. The maximum Gasteiger partial charge on any atom is 0.0910 e. The van der Waals surface area contributed by atoms with Crippen molar-refractivity contribution in [3.05, 3.63) is 0 Å². The smallest absolute Gasteiger partial charge is 0.0910 e.